The summed E-state index contributed by atoms with van der Waals surface area (Å²) in [4.78, 5) is 28.6. The molecule has 1 aliphatic rings. The van der Waals surface area contributed by atoms with Gasteiger partial charge in [0.15, 0.2) is 5.82 Å². The molecule has 10 heteroatoms. The molecule has 5 rings (SSSR count). The third-order valence-corrected chi connectivity index (χ3v) is 6.75. The lowest BCUT2D eigenvalue weighted by atomic mass is 9.83. The van der Waals surface area contributed by atoms with Gasteiger partial charge in [-0.3, -0.25) is 0 Å². The number of fused-ring (bicyclic) bond motifs is 1. The Morgan fingerprint density at radius 3 is 1.95 bits per heavy atom. The molecule has 1 aliphatic heterocycles. The molecule has 0 bridgehead atoms. The number of hydrogen-bond acceptors (Lipinski definition) is 8. The summed E-state index contributed by atoms with van der Waals surface area (Å²) in [5, 5.41) is 9.17. The molecule has 0 saturated carbocycles. The van der Waals surface area contributed by atoms with E-state index in [1.54, 1.807) is 15.4 Å². The fourth-order valence-corrected chi connectivity index (χ4v) is 4.95. The van der Waals surface area contributed by atoms with E-state index >= 15 is 0 Å². The van der Waals surface area contributed by atoms with Crippen molar-refractivity contribution in [3.05, 3.63) is 75.8 Å². The Morgan fingerprint density at radius 1 is 0.892 bits per heavy atom. The number of aromatic nitrogens is 7. The fourth-order valence-electron chi connectivity index (χ4n) is 4.95. The average Bonchev–Trinajstić information content (AvgIpc) is 3.44. The van der Waals surface area contributed by atoms with E-state index in [-0.39, 0.29) is 5.97 Å². The number of likely N-dealkylation sites (N-methyl/N-ethyl adjacent to an activating group) is 1. The molecule has 4 heterocycles. The van der Waals surface area contributed by atoms with E-state index < -0.39 is 5.41 Å². The molecule has 0 spiro atoms. The molecule has 0 unspecified atom stereocenters. The smallest absolute Gasteiger partial charge is 0.337 e. The summed E-state index contributed by atoms with van der Waals surface area (Å²) in [5.74, 6) is 0.953. The van der Waals surface area contributed by atoms with E-state index in [0.29, 0.717) is 23.3 Å². The summed E-state index contributed by atoms with van der Waals surface area (Å²) in [6.07, 6.45) is 1.96. The molecule has 0 fully saturated rings. The van der Waals surface area contributed by atoms with Crippen LogP contribution in [0.5, 0.6) is 0 Å². The van der Waals surface area contributed by atoms with Crippen molar-refractivity contribution < 1.29 is 9.53 Å². The largest absolute Gasteiger partial charge is 0.465 e. The van der Waals surface area contributed by atoms with Crippen molar-refractivity contribution in [3.63, 3.8) is 0 Å². The molecule has 4 aromatic rings. The maximum Gasteiger partial charge on any atom is 0.337 e. The van der Waals surface area contributed by atoms with Crippen LogP contribution < -0.4 is 4.90 Å². The molecule has 0 N–H and O–H groups in total. The number of ether oxygens (including phenoxy) is 1. The minimum Gasteiger partial charge on any atom is -0.465 e. The first-order chi connectivity index (χ1) is 17.5. The van der Waals surface area contributed by atoms with Crippen LogP contribution in [0.15, 0.2) is 36.0 Å². The average molecular weight is 499 g/mol. The van der Waals surface area contributed by atoms with Gasteiger partial charge in [-0.1, -0.05) is 13.8 Å². The van der Waals surface area contributed by atoms with E-state index in [1.165, 1.54) is 7.11 Å². The number of carbonyl (C=O) groups excluding carboxylic acids is 1. The summed E-state index contributed by atoms with van der Waals surface area (Å²) in [6, 6.07) is 9.59. The molecule has 10 nitrogen and oxygen atoms in total. The summed E-state index contributed by atoms with van der Waals surface area (Å²) >= 11 is 0. The van der Waals surface area contributed by atoms with Gasteiger partial charge in [0.1, 0.15) is 0 Å². The summed E-state index contributed by atoms with van der Waals surface area (Å²) in [6.45, 7) is 12.0. The molecule has 3 aromatic heterocycles. The van der Waals surface area contributed by atoms with Gasteiger partial charge in [-0.25, -0.2) is 14.2 Å². The Bertz CT molecular complexity index is 1510. The second-order valence-electron chi connectivity index (χ2n) is 9.91. The van der Waals surface area contributed by atoms with Crippen molar-refractivity contribution >= 4 is 17.7 Å². The van der Waals surface area contributed by atoms with Crippen LogP contribution in [0.2, 0.25) is 0 Å². The van der Waals surface area contributed by atoms with Crippen molar-refractivity contribution in [2.45, 2.75) is 47.0 Å². The number of esters is 1. The first-order valence-corrected chi connectivity index (χ1v) is 12.0. The molecular formula is C27H30N8O2. The van der Waals surface area contributed by atoms with E-state index in [2.05, 4.69) is 28.9 Å². The lowest BCUT2D eigenvalue weighted by molar-refractivity contribution is 0.0600. The van der Waals surface area contributed by atoms with Gasteiger partial charge in [0.05, 0.1) is 24.1 Å². The standard InChI is InChI=1S/C27H30N8O2/c1-15-11-17(3)34(31-15)25-28-23(29-26(30-25)35-18(4)12-16(2)32-35)14-22-27(5,6)20-13-19(24(36)37-8)9-10-21(20)33(22)7/h9-14H,1-8H3. The zero-order valence-electron chi connectivity index (χ0n) is 22.4. The van der Waals surface area contributed by atoms with Crippen LogP contribution in [0.25, 0.3) is 18.0 Å². The van der Waals surface area contributed by atoms with Crippen molar-refractivity contribution in [2.75, 3.05) is 19.1 Å². The Morgan fingerprint density at radius 2 is 1.46 bits per heavy atom. The highest BCUT2D eigenvalue weighted by Crippen LogP contribution is 2.47. The highest BCUT2D eigenvalue weighted by molar-refractivity contribution is 5.91. The number of allylic oxidation sites excluding steroid dienone is 1. The number of rotatable bonds is 4. The SMILES string of the molecule is COC(=O)c1ccc2c(c1)C(C)(C)C(=Cc1nc(-n3nc(C)cc3C)nc(-n3nc(C)cc3C)n1)N2C. The Hall–Kier alpha value is -4.34. The van der Waals surface area contributed by atoms with Crippen LogP contribution >= 0.6 is 0 Å². The van der Waals surface area contributed by atoms with E-state index in [9.17, 15) is 4.79 Å². The van der Waals surface area contributed by atoms with Gasteiger partial charge in [-0.05, 0) is 63.6 Å². The molecule has 190 valence electrons. The third-order valence-electron chi connectivity index (χ3n) is 6.75. The minimum absolute atomic E-state index is 0.361. The molecule has 0 saturated heterocycles. The first kappa shape index (κ1) is 24.4. The predicted octanol–water partition coefficient (Wildman–Crippen LogP) is 4.03. The summed E-state index contributed by atoms with van der Waals surface area (Å²) in [5.41, 5.74) is 6.70. The van der Waals surface area contributed by atoms with Gasteiger partial charge < -0.3 is 9.64 Å². The Balaban J connectivity index is 1.68. The second-order valence-corrected chi connectivity index (χ2v) is 9.91. The third kappa shape index (κ3) is 4.08. The van der Waals surface area contributed by atoms with E-state index in [0.717, 1.165) is 39.7 Å². The van der Waals surface area contributed by atoms with E-state index in [1.807, 2.05) is 65.1 Å². The quantitative estimate of drug-likeness (QED) is 0.389. The number of methoxy groups -OCH3 is 1. The number of aryl methyl sites for hydroxylation is 4. The monoisotopic (exact) mass is 498 g/mol. The molecular weight excluding hydrogens is 468 g/mol. The van der Waals surface area contributed by atoms with Crippen molar-refractivity contribution in [3.8, 4) is 11.9 Å². The van der Waals surface area contributed by atoms with Gasteiger partial charge in [0.25, 0.3) is 11.9 Å². The van der Waals surface area contributed by atoms with Crippen LogP contribution in [0.4, 0.5) is 5.69 Å². The number of carbonyl (C=O) groups is 1. The van der Waals surface area contributed by atoms with Crippen LogP contribution in [0.1, 0.15) is 58.4 Å². The topological polar surface area (TPSA) is 104 Å². The lowest BCUT2D eigenvalue weighted by Gasteiger charge is -2.24. The van der Waals surface area contributed by atoms with Gasteiger partial charge in [0.2, 0.25) is 0 Å². The Kier molecular flexibility index (Phi) is 5.69. The number of hydrogen-bond donors (Lipinski definition) is 0. The number of anilines is 1. The van der Waals surface area contributed by atoms with Crippen molar-refractivity contribution in [2.24, 2.45) is 0 Å². The van der Waals surface area contributed by atoms with Crippen LogP contribution in [0, 0.1) is 27.7 Å². The summed E-state index contributed by atoms with van der Waals surface area (Å²) in [7, 11) is 3.39. The lowest BCUT2D eigenvalue weighted by Crippen LogP contribution is -2.23. The zero-order valence-corrected chi connectivity index (χ0v) is 22.4. The normalized spacial score (nSPS) is 15.4. The van der Waals surface area contributed by atoms with Gasteiger partial charge >= 0.3 is 5.97 Å². The zero-order chi connectivity index (χ0) is 26.6. The molecule has 0 radical (unpaired) electrons. The first-order valence-electron chi connectivity index (χ1n) is 12.0. The molecule has 37 heavy (non-hydrogen) atoms. The number of nitrogens with zero attached hydrogens (tertiary/aromatic N) is 8. The van der Waals surface area contributed by atoms with Crippen LogP contribution in [-0.2, 0) is 10.2 Å². The number of benzene rings is 1. The maximum absolute atomic E-state index is 12.2. The second kappa shape index (κ2) is 8.65. The van der Waals surface area contributed by atoms with Crippen molar-refractivity contribution in [1.82, 2.24) is 34.5 Å². The minimum atomic E-state index is -0.419. The van der Waals surface area contributed by atoms with Gasteiger partial charge in [0, 0.05) is 41.3 Å². The van der Waals surface area contributed by atoms with Gasteiger partial charge in [-0.15, -0.1) is 0 Å². The Labute approximate surface area is 215 Å². The van der Waals surface area contributed by atoms with Gasteiger partial charge in [-0.2, -0.15) is 25.1 Å². The van der Waals surface area contributed by atoms with E-state index in [4.69, 9.17) is 19.7 Å². The highest BCUT2D eigenvalue weighted by Gasteiger charge is 2.39. The highest BCUT2D eigenvalue weighted by atomic mass is 16.5. The molecule has 0 atom stereocenters. The van der Waals surface area contributed by atoms with Crippen molar-refractivity contribution in [1.29, 1.82) is 0 Å². The molecule has 1 aromatic carbocycles. The summed E-state index contributed by atoms with van der Waals surface area (Å²) < 4.78 is 8.37. The van der Waals surface area contributed by atoms with Crippen LogP contribution in [-0.4, -0.2) is 54.6 Å². The fraction of sp³-hybridized carbons (Fsp3) is 0.333. The maximum atomic E-state index is 12.2. The molecule has 0 aliphatic carbocycles. The molecule has 0 amide bonds. The predicted molar refractivity (Wildman–Crippen MR) is 140 cm³/mol. The van der Waals surface area contributed by atoms with Crippen LogP contribution in [0.3, 0.4) is 0 Å².